The molecule has 0 heterocycles. The summed E-state index contributed by atoms with van der Waals surface area (Å²) in [4.78, 5) is 12.7. The Labute approximate surface area is 152 Å². The van der Waals surface area contributed by atoms with Crippen LogP contribution in [0.4, 0.5) is 5.69 Å². The van der Waals surface area contributed by atoms with Gasteiger partial charge in [0.25, 0.3) is 5.91 Å². The first-order chi connectivity index (χ1) is 11.8. The fraction of sp³-hybridized carbons (Fsp3) is 0.316. The van der Waals surface area contributed by atoms with Gasteiger partial charge in [0.05, 0.1) is 14.2 Å². The third kappa shape index (κ3) is 4.57. The predicted octanol–water partition coefficient (Wildman–Crippen LogP) is 4.46. The van der Waals surface area contributed by atoms with E-state index >= 15 is 0 Å². The molecule has 1 N–H and O–H groups in total. The van der Waals surface area contributed by atoms with Gasteiger partial charge in [-0.1, -0.05) is 11.6 Å². The zero-order chi connectivity index (χ0) is 18.6. The van der Waals surface area contributed by atoms with E-state index in [4.69, 9.17) is 25.8 Å². The molecule has 2 rings (SSSR count). The average Bonchev–Trinajstić information content (AvgIpc) is 2.58. The van der Waals surface area contributed by atoms with E-state index in [1.807, 2.05) is 13.0 Å². The predicted molar refractivity (Wildman–Crippen MR) is 99.1 cm³/mol. The Morgan fingerprint density at radius 1 is 1.04 bits per heavy atom. The molecule has 0 atom stereocenters. The maximum absolute atomic E-state index is 12.7. The second-order valence-electron chi connectivity index (χ2n) is 6.04. The fourth-order valence-corrected chi connectivity index (χ4v) is 2.36. The lowest BCUT2D eigenvalue weighted by molar-refractivity contribution is -0.128. The van der Waals surface area contributed by atoms with E-state index < -0.39 is 5.60 Å². The Bertz CT molecular complexity index is 757. The van der Waals surface area contributed by atoms with E-state index in [1.165, 1.54) is 0 Å². The van der Waals surface area contributed by atoms with Crippen molar-refractivity contribution in [3.05, 3.63) is 47.0 Å². The van der Waals surface area contributed by atoms with Gasteiger partial charge in [-0.05, 0) is 56.7 Å². The second kappa shape index (κ2) is 7.66. The third-order valence-electron chi connectivity index (χ3n) is 3.71. The molecule has 0 aliphatic carbocycles. The van der Waals surface area contributed by atoms with Crippen molar-refractivity contribution in [2.45, 2.75) is 26.4 Å². The summed E-state index contributed by atoms with van der Waals surface area (Å²) in [5.41, 5.74) is 0.414. The Kier molecular flexibility index (Phi) is 5.80. The van der Waals surface area contributed by atoms with Crippen LogP contribution in [0.15, 0.2) is 36.4 Å². The smallest absolute Gasteiger partial charge is 0.267 e. The second-order valence-corrected chi connectivity index (χ2v) is 6.48. The van der Waals surface area contributed by atoms with Crippen molar-refractivity contribution < 1.29 is 19.0 Å². The van der Waals surface area contributed by atoms with Crippen LogP contribution in [0.2, 0.25) is 5.02 Å². The summed E-state index contributed by atoms with van der Waals surface area (Å²) < 4.78 is 16.4. The van der Waals surface area contributed by atoms with Gasteiger partial charge < -0.3 is 19.5 Å². The molecule has 0 fully saturated rings. The molecular weight excluding hydrogens is 342 g/mol. The van der Waals surface area contributed by atoms with Crippen molar-refractivity contribution in [2.75, 3.05) is 19.5 Å². The fourth-order valence-electron chi connectivity index (χ4n) is 2.23. The van der Waals surface area contributed by atoms with Crippen molar-refractivity contribution in [1.82, 2.24) is 0 Å². The first kappa shape index (κ1) is 18.9. The Balaban J connectivity index is 2.18. The highest BCUT2D eigenvalue weighted by Gasteiger charge is 2.30. The van der Waals surface area contributed by atoms with E-state index in [1.54, 1.807) is 58.4 Å². The number of ether oxygens (including phenoxy) is 3. The van der Waals surface area contributed by atoms with E-state index in [9.17, 15) is 4.79 Å². The summed E-state index contributed by atoms with van der Waals surface area (Å²) in [6, 6.07) is 10.4. The molecule has 0 saturated heterocycles. The maximum Gasteiger partial charge on any atom is 0.267 e. The summed E-state index contributed by atoms with van der Waals surface area (Å²) in [6.45, 7) is 5.28. The summed E-state index contributed by atoms with van der Waals surface area (Å²) in [7, 11) is 3.12. The number of hydrogen-bond acceptors (Lipinski definition) is 4. The number of methoxy groups -OCH3 is 2. The van der Waals surface area contributed by atoms with Crippen LogP contribution in [-0.2, 0) is 4.79 Å². The van der Waals surface area contributed by atoms with Gasteiger partial charge in [-0.3, -0.25) is 4.79 Å². The van der Waals surface area contributed by atoms with E-state index in [0.29, 0.717) is 28.0 Å². The highest BCUT2D eigenvalue weighted by molar-refractivity contribution is 6.30. The van der Waals surface area contributed by atoms with E-state index in [2.05, 4.69) is 5.32 Å². The van der Waals surface area contributed by atoms with Crippen molar-refractivity contribution in [2.24, 2.45) is 0 Å². The van der Waals surface area contributed by atoms with Crippen LogP contribution in [0.1, 0.15) is 19.4 Å². The Morgan fingerprint density at radius 2 is 1.60 bits per heavy atom. The molecule has 2 aromatic carbocycles. The highest BCUT2D eigenvalue weighted by Crippen LogP contribution is 2.33. The highest BCUT2D eigenvalue weighted by atomic mass is 35.5. The molecule has 0 radical (unpaired) electrons. The van der Waals surface area contributed by atoms with Crippen LogP contribution in [0, 0.1) is 6.92 Å². The van der Waals surface area contributed by atoms with Gasteiger partial charge in [-0.25, -0.2) is 0 Å². The number of rotatable bonds is 6. The van der Waals surface area contributed by atoms with E-state index in [-0.39, 0.29) is 5.91 Å². The molecule has 0 aromatic heterocycles. The zero-order valence-corrected chi connectivity index (χ0v) is 15.7. The van der Waals surface area contributed by atoms with Gasteiger partial charge >= 0.3 is 0 Å². The van der Waals surface area contributed by atoms with Gasteiger partial charge in [-0.2, -0.15) is 0 Å². The monoisotopic (exact) mass is 363 g/mol. The number of nitrogens with one attached hydrogen (secondary N) is 1. The molecular formula is C19H22ClNO4. The van der Waals surface area contributed by atoms with Crippen LogP contribution in [0.5, 0.6) is 17.2 Å². The largest absolute Gasteiger partial charge is 0.493 e. The van der Waals surface area contributed by atoms with Crippen molar-refractivity contribution >= 4 is 23.2 Å². The number of amides is 1. The maximum atomic E-state index is 12.7. The number of anilines is 1. The van der Waals surface area contributed by atoms with Gasteiger partial charge in [0.2, 0.25) is 0 Å². The molecule has 5 nitrogen and oxygen atoms in total. The van der Waals surface area contributed by atoms with Gasteiger partial charge in [0.1, 0.15) is 5.75 Å². The third-order valence-corrected chi connectivity index (χ3v) is 3.96. The zero-order valence-electron chi connectivity index (χ0n) is 15.0. The molecule has 6 heteroatoms. The minimum absolute atomic E-state index is 0.280. The average molecular weight is 364 g/mol. The summed E-state index contributed by atoms with van der Waals surface area (Å²) >= 11 is 5.87. The quantitative estimate of drug-likeness (QED) is 0.823. The summed E-state index contributed by atoms with van der Waals surface area (Å²) in [5.74, 6) is 1.43. The molecule has 0 aliphatic heterocycles. The van der Waals surface area contributed by atoms with Gasteiger partial charge in [0.15, 0.2) is 17.1 Å². The lowest BCUT2D eigenvalue weighted by atomic mass is 10.1. The van der Waals surface area contributed by atoms with Crippen LogP contribution in [-0.4, -0.2) is 25.7 Å². The van der Waals surface area contributed by atoms with Crippen molar-refractivity contribution in [3.8, 4) is 17.2 Å². The molecule has 0 unspecified atom stereocenters. The normalized spacial score (nSPS) is 11.0. The topological polar surface area (TPSA) is 56.8 Å². The molecule has 0 bridgehead atoms. The summed E-state index contributed by atoms with van der Waals surface area (Å²) in [5, 5.41) is 3.49. The molecule has 1 amide bonds. The molecule has 0 saturated carbocycles. The lowest BCUT2D eigenvalue weighted by Crippen LogP contribution is -2.42. The SMILES string of the molecule is COc1cc(C)c(NC(=O)C(C)(C)Oc2ccc(Cl)cc2)cc1OC. The molecule has 0 aliphatic rings. The van der Waals surface area contributed by atoms with Crippen LogP contribution in [0.25, 0.3) is 0 Å². The number of hydrogen-bond donors (Lipinski definition) is 1. The number of carbonyl (C=O) groups is 1. The van der Waals surface area contributed by atoms with Crippen LogP contribution in [0.3, 0.4) is 0 Å². The molecule has 0 spiro atoms. The van der Waals surface area contributed by atoms with Crippen molar-refractivity contribution in [1.29, 1.82) is 0 Å². The Hall–Kier alpha value is -2.40. The van der Waals surface area contributed by atoms with Crippen molar-refractivity contribution in [3.63, 3.8) is 0 Å². The van der Waals surface area contributed by atoms with Gasteiger partial charge in [0, 0.05) is 16.8 Å². The number of halogens is 1. The first-order valence-electron chi connectivity index (χ1n) is 7.75. The number of carbonyl (C=O) groups excluding carboxylic acids is 1. The minimum atomic E-state index is -1.08. The van der Waals surface area contributed by atoms with Gasteiger partial charge in [-0.15, -0.1) is 0 Å². The van der Waals surface area contributed by atoms with Crippen LogP contribution >= 0.6 is 11.6 Å². The van der Waals surface area contributed by atoms with E-state index in [0.717, 1.165) is 5.56 Å². The standard InChI is InChI=1S/C19H22ClNO4/c1-12-10-16(23-4)17(24-5)11-15(12)21-18(22)19(2,3)25-14-8-6-13(20)7-9-14/h6-11H,1-5H3,(H,21,22). The Morgan fingerprint density at radius 3 is 2.16 bits per heavy atom. The van der Waals surface area contributed by atoms with Crippen LogP contribution < -0.4 is 19.5 Å². The number of benzene rings is 2. The first-order valence-corrected chi connectivity index (χ1v) is 8.13. The number of aryl methyl sites for hydroxylation is 1. The molecule has 2 aromatic rings. The molecule has 134 valence electrons. The molecule has 25 heavy (non-hydrogen) atoms. The minimum Gasteiger partial charge on any atom is -0.493 e. The summed E-state index contributed by atoms with van der Waals surface area (Å²) in [6.07, 6.45) is 0. The lowest BCUT2D eigenvalue weighted by Gasteiger charge is -2.26.